The molecule has 18 heavy (non-hydrogen) atoms. The third-order valence-corrected chi connectivity index (χ3v) is 4.72. The van der Waals surface area contributed by atoms with Gasteiger partial charge < -0.3 is 5.43 Å². The number of nitrogens with two attached hydrogens (primary N) is 1. The fourth-order valence-corrected chi connectivity index (χ4v) is 2.98. The van der Waals surface area contributed by atoms with Crippen LogP contribution < -0.4 is 16.0 Å². The highest BCUT2D eigenvalue weighted by molar-refractivity contribution is 7.89. The van der Waals surface area contributed by atoms with Gasteiger partial charge in [0.2, 0.25) is 10.0 Å². The molecule has 1 fully saturated rings. The Morgan fingerprint density at radius 2 is 2.22 bits per heavy atom. The molecule has 0 spiro atoms. The summed E-state index contributed by atoms with van der Waals surface area (Å²) >= 11 is 0. The largest absolute Gasteiger partial charge is 0.308 e. The summed E-state index contributed by atoms with van der Waals surface area (Å²) in [6.45, 7) is 0.487. The molecule has 1 aliphatic rings. The van der Waals surface area contributed by atoms with E-state index in [1.165, 1.54) is 37.6 Å². The van der Waals surface area contributed by atoms with Crippen molar-refractivity contribution in [1.29, 1.82) is 0 Å². The number of aromatic nitrogens is 1. The SMILES string of the molecule is NNc1cc(S(=O)(=O)NCCC2CCC2)ccn1. The maximum absolute atomic E-state index is 12.0. The summed E-state index contributed by atoms with van der Waals surface area (Å²) < 4.78 is 26.6. The Bertz CT molecular complexity index is 500. The quantitative estimate of drug-likeness (QED) is 0.525. The summed E-state index contributed by atoms with van der Waals surface area (Å²) in [5, 5.41) is 0. The molecule has 0 atom stereocenters. The lowest BCUT2D eigenvalue weighted by Gasteiger charge is -2.25. The average molecular weight is 270 g/mol. The maximum atomic E-state index is 12.0. The topological polar surface area (TPSA) is 97.1 Å². The van der Waals surface area contributed by atoms with E-state index in [1.54, 1.807) is 0 Å². The molecule has 1 saturated carbocycles. The van der Waals surface area contributed by atoms with Gasteiger partial charge in [-0.25, -0.2) is 24.0 Å². The van der Waals surface area contributed by atoms with Crippen LogP contribution in [0.4, 0.5) is 5.82 Å². The Kier molecular flexibility index (Phi) is 4.15. The van der Waals surface area contributed by atoms with Crippen LogP contribution >= 0.6 is 0 Å². The van der Waals surface area contributed by atoms with Gasteiger partial charge in [0.15, 0.2) is 0 Å². The number of nitrogen functional groups attached to an aromatic ring is 1. The summed E-state index contributed by atoms with van der Waals surface area (Å²) in [6, 6.07) is 2.86. The molecule has 0 aromatic carbocycles. The van der Waals surface area contributed by atoms with E-state index < -0.39 is 10.0 Å². The van der Waals surface area contributed by atoms with Crippen molar-refractivity contribution < 1.29 is 8.42 Å². The van der Waals surface area contributed by atoms with E-state index in [0.29, 0.717) is 18.3 Å². The lowest BCUT2D eigenvalue weighted by molar-refractivity contribution is 0.297. The van der Waals surface area contributed by atoms with Crippen LogP contribution in [-0.4, -0.2) is 19.9 Å². The Labute approximate surface area is 107 Å². The van der Waals surface area contributed by atoms with Crippen molar-refractivity contribution in [2.45, 2.75) is 30.6 Å². The predicted octanol–water partition coefficient (Wildman–Crippen LogP) is 0.836. The van der Waals surface area contributed by atoms with E-state index in [2.05, 4.69) is 15.1 Å². The van der Waals surface area contributed by atoms with Gasteiger partial charge in [0.1, 0.15) is 5.82 Å². The van der Waals surface area contributed by atoms with E-state index in [-0.39, 0.29) is 4.90 Å². The molecule has 0 amide bonds. The normalized spacial score (nSPS) is 16.3. The third-order valence-electron chi connectivity index (χ3n) is 3.26. The molecule has 0 radical (unpaired) electrons. The summed E-state index contributed by atoms with van der Waals surface area (Å²) in [4.78, 5) is 4.05. The van der Waals surface area contributed by atoms with Crippen molar-refractivity contribution in [2.24, 2.45) is 11.8 Å². The van der Waals surface area contributed by atoms with Gasteiger partial charge in [0.25, 0.3) is 0 Å². The van der Waals surface area contributed by atoms with Crippen molar-refractivity contribution in [3.8, 4) is 0 Å². The first-order valence-corrected chi connectivity index (χ1v) is 7.52. The van der Waals surface area contributed by atoms with Crippen molar-refractivity contribution in [3.63, 3.8) is 0 Å². The molecule has 4 N–H and O–H groups in total. The minimum atomic E-state index is -3.46. The Balaban J connectivity index is 1.95. The standard InChI is InChI=1S/C11H18N4O2S/c12-15-11-8-10(5-6-13-11)18(16,17)14-7-4-9-2-1-3-9/h5-6,8-9,14H,1-4,7,12H2,(H,13,15). The fourth-order valence-electron chi connectivity index (χ4n) is 1.92. The predicted molar refractivity (Wildman–Crippen MR) is 69.2 cm³/mol. The van der Waals surface area contributed by atoms with Crippen LogP contribution in [-0.2, 0) is 10.0 Å². The second kappa shape index (κ2) is 5.64. The number of hydrogen-bond donors (Lipinski definition) is 3. The van der Waals surface area contributed by atoms with Gasteiger partial charge in [0.05, 0.1) is 4.90 Å². The van der Waals surface area contributed by atoms with Crippen LogP contribution in [0.25, 0.3) is 0 Å². The monoisotopic (exact) mass is 270 g/mol. The Hall–Kier alpha value is -1.18. The van der Waals surface area contributed by atoms with E-state index in [9.17, 15) is 8.42 Å². The molecule has 0 unspecified atom stereocenters. The average Bonchev–Trinajstić information content (AvgIpc) is 2.32. The van der Waals surface area contributed by atoms with Crippen molar-refractivity contribution in [3.05, 3.63) is 18.3 Å². The first-order chi connectivity index (χ1) is 8.62. The van der Waals surface area contributed by atoms with Crippen LogP contribution in [0.15, 0.2) is 23.2 Å². The summed E-state index contributed by atoms with van der Waals surface area (Å²) in [6.07, 6.45) is 6.03. The zero-order valence-corrected chi connectivity index (χ0v) is 10.9. The number of sulfonamides is 1. The molecule has 2 rings (SSSR count). The number of nitrogens with zero attached hydrogens (tertiary/aromatic N) is 1. The first-order valence-electron chi connectivity index (χ1n) is 6.04. The number of hydrazine groups is 1. The van der Waals surface area contributed by atoms with Crippen LogP contribution in [0, 0.1) is 5.92 Å². The van der Waals surface area contributed by atoms with Crippen molar-refractivity contribution in [1.82, 2.24) is 9.71 Å². The maximum Gasteiger partial charge on any atom is 0.240 e. The number of rotatable bonds is 6. The molecule has 1 heterocycles. The van der Waals surface area contributed by atoms with E-state index in [0.717, 1.165) is 6.42 Å². The highest BCUT2D eigenvalue weighted by atomic mass is 32.2. The second-order valence-electron chi connectivity index (χ2n) is 4.50. The second-order valence-corrected chi connectivity index (χ2v) is 6.27. The lowest BCUT2D eigenvalue weighted by Crippen LogP contribution is -2.27. The molecule has 1 aliphatic carbocycles. The van der Waals surface area contributed by atoms with Gasteiger partial charge >= 0.3 is 0 Å². The zero-order chi connectivity index (χ0) is 13.0. The van der Waals surface area contributed by atoms with E-state index >= 15 is 0 Å². The number of pyridine rings is 1. The van der Waals surface area contributed by atoms with Crippen LogP contribution in [0.2, 0.25) is 0 Å². The molecule has 100 valence electrons. The van der Waals surface area contributed by atoms with Crippen LogP contribution in [0.3, 0.4) is 0 Å². The van der Waals surface area contributed by atoms with Gasteiger partial charge in [0, 0.05) is 18.8 Å². The molecule has 1 aromatic heterocycles. The third kappa shape index (κ3) is 3.18. The minimum Gasteiger partial charge on any atom is -0.308 e. The van der Waals surface area contributed by atoms with Crippen molar-refractivity contribution >= 4 is 15.8 Å². The van der Waals surface area contributed by atoms with E-state index in [4.69, 9.17) is 5.84 Å². The molecular formula is C11H18N4O2S. The van der Waals surface area contributed by atoms with Gasteiger partial charge in [-0.15, -0.1) is 0 Å². The molecular weight excluding hydrogens is 252 g/mol. The minimum absolute atomic E-state index is 0.180. The number of hydrogen-bond acceptors (Lipinski definition) is 5. The molecule has 0 saturated heterocycles. The fraction of sp³-hybridized carbons (Fsp3) is 0.545. The molecule has 7 heteroatoms. The lowest BCUT2D eigenvalue weighted by atomic mass is 9.83. The molecule has 6 nitrogen and oxygen atoms in total. The number of anilines is 1. The number of nitrogens with one attached hydrogen (secondary N) is 2. The summed E-state index contributed by atoms with van der Waals surface area (Å²) in [5.41, 5.74) is 2.33. The van der Waals surface area contributed by atoms with Gasteiger partial charge in [-0.3, -0.25) is 0 Å². The van der Waals surface area contributed by atoms with Crippen LogP contribution in [0.1, 0.15) is 25.7 Å². The molecule has 0 bridgehead atoms. The van der Waals surface area contributed by atoms with Gasteiger partial charge in [-0.2, -0.15) is 0 Å². The Morgan fingerprint density at radius 1 is 1.44 bits per heavy atom. The highest BCUT2D eigenvalue weighted by Gasteiger charge is 2.19. The van der Waals surface area contributed by atoms with E-state index in [1.807, 2.05) is 0 Å². The summed E-state index contributed by atoms with van der Waals surface area (Å²) in [7, 11) is -3.46. The highest BCUT2D eigenvalue weighted by Crippen LogP contribution is 2.28. The molecule has 1 aromatic rings. The first kappa shape index (κ1) is 13.3. The Morgan fingerprint density at radius 3 is 2.83 bits per heavy atom. The van der Waals surface area contributed by atoms with Gasteiger partial charge in [-0.1, -0.05) is 19.3 Å². The van der Waals surface area contributed by atoms with Crippen molar-refractivity contribution in [2.75, 3.05) is 12.0 Å². The van der Waals surface area contributed by atoms with Crippen LogP contribution in [0.5, 0.6) is 0 Å². The summed E-state index contributed by atoms with van der Waals surface area (Å²) in [5.74, 6) is 6.22. The molecule has 0 aliphatic heterocycles. The smallest absolute Gasteiger partial charge is 0.240 e. The van der Waals surface area contributed by atoms with Gasteiger partial charge in [-0.05, 0) is 18.4 Å². The zero-order valence-electron chi connectivity index (χ0n) is 10.1.